The predicted molar refractivity (Wildman–Crippen MR) is 46.9 cm³/mol. The van der Waals surface area contributed by atoms with E-state index in [2.05, 4.69) is 0 Å². The van der Waals surface area contributed by atoms with Gasteiger partial charge in [0.1, 0.15) is 0 Å². The molecule has 0 radical (unpaired) electrons. The zero-order valence-corrected chi connectivity index (χ0v) is 8.77. The molecule has 3 nitrogen and oxygen atoms in total. The third-order valence-electron chi connectivity index (χ3n) is 1.52. The van der Waals surface area contributed by atoms with Gasteiger partial charge < -0.3 is 0 Å². The molecule has 4 heteroatoms. The van der Waals surface area contributed by atoms with Crippen molar-refractivity contribution in [1.82, 2.24) is 3.92 Å². The normalized spacial score (nSPS) is 11.9. The molecule has 0 bridgehead atoms. The van der Waals surface area contributed by atoms with Crippen LogP contribution in [0, 0.1) is 0 Å². The predicted octanol–water partition coefficient (Wildman–Crippen LogP) is 0.255. The molecule has 1 aromatic rings. The summed E-state index contributed by atoms with van der Waals surface area (Å²) in [6.45, 7) is 0. The van der Waals surface area contributed by atoms with E-state index in [1.54, 1.807) is 44.4 Å². The molecule has 0 atom stereocenters. The molecule has 0 N–H and O–H groups in total. The molecule has 0 heterocycles. The van der Waals surface area contributed by atoms with Crippen molar-refractivity contribution in [2.24, 2.45) is 0 Å². The van der Waals surface area contributed by atoms with Crippen LogP contribution in [0.3, 0.4) is 0 Å². The number of hydrogen-bond acceptors (Lipinski definition) is 2. The number of rotatable bonds is 2. The van der Waals surface area contributed by atoms with Crippen LogP contribution in [0.15, 0.2) is 30.3 Å². The first-order valence-electron chi connectivity index (χ1n) is 3.53. The first-order valence-corrected chi connectivity index (χ1v) is 6.55. The molecule has 0 aliphatic heterocycles. The van der Waals surface area contributed by atoms with Crippen LogP contribution in [0.2, 0.25) is 0 Å². The SMILES string of the molecule is CN(C)[Se](=O)(=O)c1ccccc1. The summed E-state index contributed by atoms with van der Waals surface area (Å²) in [5.41, 5.74) is 0. The third-order valence-corrected chi connectivity index (χ3v) is 5.36. The molecule has 0 saturated heterocycles. The van der Waals surface area contributed by atoms with Crippen molar-refractivity contribution in [2.45, 2.75) is 0 Å². The standard InChI is InChI=1S/C8H11NO2Se/c1-9(2)12(10,11)8-6-4-3-5-7-8/h3-7H,1-2H3. The van der Waals surface area contributed by atoms with Gasteiger partial charge >= 0.3 is 73.4 Å². The molecule has 1 rings (SSSR count). The summed E-state index contributed by atoms with van der Waals surface area (Å²) in [5, 5.41) is 0. The van der Waals surface area contributed by atoms with Gasteiger partial charge in [-0.3, -0.25) is 0 Å². The van der Waals surface area contributed by atoms with Crippen molar-refractivity contribution in [3.63, 3.8) is 0 Å². The summed E-state index contributed by atoms with van der Waals surface area (Å²) in [7, 11) is 3.10. The Kier molecular flexibility index (Phi) is 2.62. The fourth-order valence-electron chi connectivity index (χ4n) is 0.803. The molecule has 0 aromatic heterocycles. The average Bonchev–Trinajstić information content (AvgIpc) is 2.06. The van der Waals surface area contributed by atoms with Crippen LogP contribution in [-0.2, 0) is 7.67 Å². The summed E-state index contributed by atoms with van der Waals surface area (Å²) in [4.78, 5) is 0. The van der Waals surface area contributed by atoms with E-state index in [9.17, 15) is 7.67 Å². The zero-order valence-electron chi connectivity index (χ0n) is 7.06. The van der Waals surface area contributed by atoms with E-state index in [0.717, 1.165) is 0 Å². The summed E-state index contributed by atoms with van der Waals surface area (Å²) >= 11 is -4.00. The van der Waals surface area contributed by atoms with Gasteiger partial charge in [0.15, 0.2) is 0 Å². The van der Waals surface area contributed by atoms with Gasteiger partial charge in [-0.2, -0.15) is 0 Å². The van der Waals surface area contributed by atoms with Crippen LogP contribution in [-0.4, -0.2) is 30.9 Å². The average molecular weight is 232 g/mol. The summed E-state index contributed by atoms with van der Waals surface area (Å²) < 4.78 is 24.7. The minimum absolute atomic E-state index is 0.402. The Labute approximate surface area is 73.8 Å². The Morgan fingerprint density at radius 1 is 1.08 bits per heavy atom. The molecule has 66 valence electrons. The second kappa shape index (κ2) is 3.35. The molecule has 1 aromatic carbocycles. The minimum atomic E-state index is -4.00. The van der Waals surface area contributed by atoms with Gasteiger partial charge in [-0.05, 0) is 0 Å². The van der Waals surface area contributed by atoms with Crippen molar-refractivity contribution in [3.8, 4) is 0 Å². The first-order chi connectivity index (χ1) is 5.55. The van der Waals surface area contributed by atoms with Crippen molar-refractivity contribution in [2.75, 3.05) is 14.1 Å². The molecule has 0 spiro atoms. The molecule has 12 heavy (non-hydrogen) atoms. The van der Waals surface area contributed by atoms with E-state index in [0.29, 0.717) is 4.46 Å². The van der Waals surface area contributed by atoms with Gasteiger partial charge in [0.05, 0.1) is 0 Å². The molecular weight excluding hydrogens is 221 g/mol. The fourth-order valence-corrected chi connectivity index (χ4v) is 2.74. The van der Waals surface area contributed by atoms with E-state index < -0.39 is 12.9 Å². The first kappa shape index (κ1) is 9.39. The van der Waals surface area contributed by atoms with Crippen molar-refractivity contribution in [3.05, 3.63) is 30.3 Å². The van der Waals surface area contributed by atoms with Gasteiger partial charge in [0, 0.05) is 0 Å². The number of benzene rings is 1. The van der Waals surface area contributed by atoms with E-state index in [4.69, 9.17) is 0 Å². The Hall–Kier alpha value is -0.701. The van der Waals surface area contributed by atoms with Crippen molar-refractivity contribution < 1.29 is 7.67 Å². The van der Waals surface area contributed by atoms with E-state index in [1.165, 1.54) is 3.92 Å². The molecule has 0 fully saturated rings. The third kappa shape index (κ3) is 1.72. The summed E-state index contributed by atoms with van der Waals surface area (Å²) in [5.74, 6) is 0. The Morgan fingerprint density at radius 2 is 1.58 bits per heavy atom. The van der Waals surface area contributed by atoms with Crippen LogP contribution in [0.4, 0.5) is 0 Å². The molecular formula is C8H11NO2Se. The van der Waals surface area contributed by atoms with Crippen LogP contribution in [0.25, 0.3) is 0 Å². The van der Waals surface area contributed by atoms with Crippen LogP contribution >= 0.6 is 0 Å². The van der Waals surface area contributed by atoms with Gasteiger partial charge in [-0.15, -0.1) is 0 Å². The van der Waals surface area contributed by atoms with E-state index in [1.807, 2.05) is 0 Å². The van der Waals surface area contributed by atoms with Gasteiger partial charge in [-0.1, -0.05) is 0 Å². The van der Waals surface area contributed by atoms with Crippen LogP contribution in [0.5, 0.6) is 0 Å². The quantitative estimate of drug-likeness (QED) is 0.686. The maximum absolute atomic E-state index is 11.5. The van der Waals surface area contributed by atoms with Gasteiger partial charge in [-0.25, -0.2) is 0 Å². The van der Waals surface area contributed by atoms with Crippen molar-refractivity contribution in [1.29, 1.82) is 0 Å². The molecule has 0 aliphatic carbocycles. The number of nitrogens with zero attached hydrogens (tertiary/aromatic N) is 1. The van der Waals surface area contributed by atoms with E-state index >= 15 is 0 Å². The summed E-state index contributed by atoms with van der Waals surface area (Å²) in [6.07, 6.45) is 0. The zero-order chi connectivity index (χ0) is 9.19. The monoisotopic (exact) mass is 233 g/mol. The van der Waals surface area contributed by atoms with E-state index in [-0.39, 0.29) is 0 Å². The van der Waals surface area contributed by atoms with Gasteiger partial charge in [0.25, 0.3) is 0 Å². The summed E-state index contributed by atoms with van der Waals surface area (Å²) in [6, 6.07) is 8.47. The second-order valence-electron chi connectivity index (χ2n) is 2.60. The van der Waals surface area contributed by atoms with Gasteiger partial charge in [0.2, 0.25) is 0 Å². The van der Waals surface area contributed by atoms with Crippen LogP contribution in [0.1, 0.15) is 0 Å². The van der Waals surface area contributed by atoms with Crippen LogP contribution < -0.4 is 4.46 Å². The Morgan fingerprint density at radius 3 is 2.00 bits per heavy atom. The molecule has 0 unspecified atom stereocenters. The molecule has 0 amide bonds. The maximum atomic E-state index is 11.5. The van der Waals surface area contributed by atoms with Crippen molar-refractivity contribution >= 4 is 17.4 Å². The topological polar surface area (TPSA) is 37.4 Å². The Balaban J connectivity index is 3.17. The second-order valence-corrected chi connectivity index (χ2v) is 7.12. The molecule has 0 aliphatic rings. The fraction of sp³-hybridized carbons (Fsp3) is 0.250. The molecule has 0 saturated carbocycles. The Bertz CT molecular complexity index is 343. The number of hydrogen-bond donors (Lipinski definition) is 0.